The minimum absolute atomic E-state index is 0.0673. The fraction of sp³-hybridized carbons (Fsp3) is 0.188. The van der Waals surface area contributed by atoms with Gasteiger partial charge in [-0.25, -0.2) is 4.79 Å². The largest absolute Gasteiger partial charge is 0.465 e. The van der Waals surface area contributed by atoms with E-state index >= 15 is 0 Å². The minimum Gasteiger partial charge on any atom is -0.465 e. The number of nitrogens with zero attached hydrogens (tertiary/aromatic N) is 1. The van der Waals surface area contributed by atoms with Gasteiger partial charge in [-0.3, -0.25) is 10.1 Å². The molecule has 0 aliphatic heterocycles. The van der Waals surface area contributed by atoms with Gasteiger partial charge in [0, 0.05) is 18.3 Å². The van der Waals surface area contributed by atoms with Crippen molar-refractivity contribution < 1.29 is 14.5 Å². The van der Waals surface area contributed by atoms with Crippen molar-refractivity contribution in [2.24, 2.45) is 0 Å². The van der Waals surface area contributed by atoms with Crippen LogP contribution < -0.4 is 5.32 Å². The number of hydrogen-bond donors (Lipinski definition) is 1. The molecule has 2 aromatic carbocycles. The first-order valence-corrected chi connectivity index (χ1v) is 6.68. The highest BCUT2D eigenvalue weighted by molar-refractivity contribution is 5.95. The van der Waals surface area contributed by atoms with Crippen molar-refractivity contribution in [2.45, 2.75) is 13.5 Å². The van der Waals surface area contributed by atoms with Crippen LogP contribution in [0.4, 0.5) is 11.4 Å². The van der Waals surface area contributed by atoms with Crippen LogP contribution in [0.5, 0.6) is 0 Å². The smallest absolute Gasteiger partial charge is 0.344 e. The van der Waals surface area contributed by atoms with E-state index in [0.29, 0.717) is 12.2 Å². The number of anilines is 1. The van der Waals surface area contributed by atoms with Gasteiger partial charge in [0.2, 0.25) is 0 Å². The Morgan fingerprint density at radius 3 is 2.64 bits per heavy atom. The molecule has 0 saturated carbocycles. The summed E-state index contributed by atoms with van der Waals surface area (Å²) < 4.78 is 4.59. The van der Waals surface area contributed by atoms with Crippen molar-refractivity contribution >= 4 is 17.3 Å². The number of hydrogen-bond acceptors (Lipinski definition) is 5. The van der Waals surface area contributed by atoms with Gasteiger partial charge in [-0.15, -0.1) is 0 Å². The quantitative estimate of drug-likeness (QED) is 0.520. The van der Waals surface area contributed by atoms with Crippen LogP contribution in [-0.2, 0) is 11.3 Å². The van der Waals surface area contributed by atoms with Crippen LogP contribution in [0.1, 0.15) is 21.5 Å². The van der Waals surface area contributed by atoms with Gasteiger partial charge in [0.15, 0.2) is 0 Å². The van der Waals surface area contributed by atoms with Gasteiger partial charge in [-0.2, -0.15) is 0 Å². The molecule has 0 atom stereocenters. The number of aryl methyl sites for hydroxylation is 1. The molecule has 0 unspecified atom stereocenters. The molecule has 0 bridgehead atoms. The van der Waals surface area contributed by atoms with Crippen LogP contribution in [0.25, 0.3) is 0 Å². The topological polar surface area (TPSA) is 81.5 Å². The summed E-state index contributed by atoms with van der Waals surface area (Å²) in [6, 6.07) is 12.2. The molecule has 0 aliphatic rings. The zero-order valence-corrected chi connectivity index (χ0v) is 12.3. The lowest BCUT2D eigenvalue weighted by Crippen LogP contribution is -2.07. The number of carbonyl (C=O) groups excluding carboxylic acids is 1. The molecule has 2 aromatic rings. The maximum atomic E-state index is 11.7. The van der Waals surface area contributed by atoms with Gasteiger partial charge < -0.3 is 10.1 Å². The number of carbonyl (C=O) groups is 1. The lowest BCUT2D eigenvalue weighted by molar-refractivity contribution is -0.385. The van der Waals surface area contributed by atoms with Gasteiger partial charge in [-0.05, 0) is 30.2 Å². The van der Waals surface area contributed by atoms with E-state index < -0.39 is 10.9 Å². The van der Waals surface area contributed by atoms with Crippen molar-refractivity contribution in [3.63, 3.8) is 0 Å². The van der Waals surface area contributed by atoms with Crippen molar-refractivity contribution in [3.05, 3.63) is 69.3 Å². The molecule has 0 radical (unpaired) electrons. The maximum absolute atomic E-state index is 11.7. The highest BCUT2D eigenvalue weighted by atomic mass is 16.6. The van der Waals surface area contributed by atoms with Gasteiger partial charge in [0.05, 0.1) is 12.0 Å². The molecule has 0 amide bonds. The van der Waals surface area contributed by atoms with E-state index in [0.717, 1.165) is 11.1 Å². The number of methoxy groups -OCH3 is 1. The number of nitro groups is 1. The summed E-state index contributed by atoms with van der Waals surface area (Å²) >= 11 is 0. The van der Waals surface area contributed by atoms with E-state index in [1.54, 1.807) is 6.07 Å². The Balaban J connectivity index is 2.24. The lowest BCUT2D eigenvalue weighted by Gasteiger charge is -2.10. The van der Waals surface area contributed by atoms with Gasteiger partial charge >= 0.3 is 5.97 Å². The summed E-state index contributed by atoms with van der Waals surface area (Å²) in [6.45, 7) is 2.57. The third-order valence-electron chi connectivity index (χ3n) is 3.34. The van der Waals surface area contributed by atoms with Gasteiger partial charge in [0.25, 0.3) is 5.69 Å². The second-order valence-electron chi connectivity index (χ2n) is 4.76. The van der Waals surface area contributed by atoms with E-state index in [1.807, 2.05) is 31.2 Å². The van der Waals surface area contributed by atoms with Crippen LogP contribution >= 0.6 is 0 Å². The van der Waals surface area contributed by atoms with E-state index in [1.165, 1.54) is 19.2 Å². The molecule has 0 aliphatic carbocycles. The second kappa shape index (κ2) is 6.71. The Hall–Kier alpha value is -2.89. The van der Waals surface area contributed by atoms with Crippen LogP contribution in [0.15, 0.2) is 42.5 Å². The number of rotatable bonds is 5. The predicted molar refractivity (Wildman–Crippen MR) is 82.9 cm³/mol. The summed E-state index contributed by atoms with van der Waals surface area (Å²) in [7, 11) is 1.19. The zero-order chi connectivity index (χ0) is 16.1. The molecule has 1 N–H and O–H groups in total. The zero-order valence-electron chi connectivity index (χ0n) is 12.3. The monoisotopic (exact) mass is 300 g/mol. The number of nitro benzene ring substituents is 1. The molecule has 0 heterocycles. The summed E-state index contributed by atoms with van der Waals surface area (Å²) in [6.07, 6.45) is 0. The first kappa shape index (κ1) is 15.5. The van der Waals surface area contributed by atoms with E-state index in [4.69, 9.17) is 0 Å². The molecule has 6 heteroatoms. The molecule has 2 rings (SSSR count). The molecule has 0 saturated heterocycles. The number of nitrogens with one attached hydrogen (secondary N) is 1. The molecule has 22 heavy (non-hydrogen) atoms. The molecule has 114 valence electrons. The summed E-state index contributed by atoms with van der Waals surface area (Å²) in [5, 5.41) is 14.1. The fourth-order valence-corrected chi connectivity index (χ4v) is 2.08. The van der Waals surface area contributed by atoms with E-state index in [-0.39, 0.29) is 11.3 Å². The fourth-order valence-electron chi connectivity index (χ4n) is 2.08. The normalized spacial score (nSPS) is 10.1. The molecular weight excluding hydrogens is 284 g/mol. The SMILES string of the molecule is COC(=O)c1cc(NCc2ccccc2C)ccc1[N+](=O)[O-]. The third-order valence-corrected chi connectivity index (χ3v) is 3.34. The average Bonchev–Trinajstić information content (AvgIpc) is 2.53. The van der Waals surface area contributed by atoms with Crippen LogP contribution in [0.3, 0.4) is 0 Å². The van der Waals surface area contributed by atoms with E-state index in [9.17, 15) is 14.9 Å². The number of esters is 1. The Morgan fingerprint density at radius 1 is 1.27 bits per heavy atom. The molecular formula is C16H16N2O4. The summed E-state index contributed by atoms with van der Waals surface area (Å²) in [4.78, 5) is 22.0. The van der Waals surface area contributed by atoms with Gasteiger partial charge in [0.1, 0.15) is 5.56 Å². The minimum atomic E-state index is -0.730. The highest BCUT2D eigenvalue weighted by Gasteiger charge is 2.21. The highest BCUT2D eigenvalue weighted by Crippen LogP contribution is 2.24. The van der Waals surface area contributed by atoms with Crippen molar-refractivity contribution in [1.82, 2.24) is 0 Å². The lowest BCUT2D eigenvalue weighted by atomic mass is 10.1. The Morgan fingerprint density at radius 2 is 2.00 bits per heavy atom. The Bertz CT molecular complexity index is 713. The Labute approximate surface area is 127 Å². The standard InChI is InChI=1S/C16H16N2O4/c1-11-5-3-4-6-12(11)10-17-13-7-8-15(18(20)21)14(9-13)16(19)22-2/h3-9,17H,10H2,1-2H3. The molecule has 0 spiro atoms. The molecule has 0 fully saturated rings. The average molecular weight is 300 g/mol. The van der Waals surface area contributed by atoms with Crippen LogP contribution in [-0.4, -0.2) is 18.0 Å². The van der Waals surface area contributed by atoms with Crippen molar-refractivity contribution in [2.75, 3.05) is 12.4 Å². The predicted octanol–water partition coefficient (Wildman–Crippen LogP) is 3.30. The first-order chi connectivity index (χ1) is 10.5. The third kappa shape index (κ3) is 3.41. The second-order valence-corrected chi connectivity index (χ2v) is 4.76. The molecule has 6 nitrogen and oxygen atoms in total. The summed E-state index contributed by atoms with van der Waals surface area (Å²) in [5.74, 6) is -0.730. The number of ether oxygens (including phenoxy) is 1. The summed E-state index contributed by atoms with van der Waals surface area (Å²) in [5.41, 5.74) is 2.54. The first-order valence-electron chi connectivity index (χ1n) is 6.68. The number of benzene rings is 2. The van der Waals surface area contributed by atoms with Crippen LogP contribution in [0, 0.1) is 17.0 Å². The maximum Gasteiger partial charge on any atom is 0.344 e. The van der Waals surface area contributed by atoms with Crippen LogP contribution in [0.2, 0.25) is 0 Å². The van der Waals surface area contributed by atoms with E-state index in [2.05, 4.69) is 10.1 Å². The Kier molecular flexibility index (Phi) is 4.73. The molecule has 0 aromatic heterocycles. The van der Waals surface area contributed by atoms with Crippen molar-refractivity contribution in [3.8, 4) is 0 Å². The van der Waals surface area contributed by atoms with Gasteiger partial charge in [-0.1, -0.05) is 24.3 Å². The van der Waals surface area contributed by atoms with Crippen molar-refractivity contribution in [1.29, 1.82) is 0 Å².